The van der Waals surface area contributed by atoms with Crippen LogP contribution in [-0.4, -0.2) is 44.8 Å². The summed E-state index contributed by atoms with van der Waals surface area (Å²) in [7, 11) is 2.81. The maximum atomic E-state index is 11.4. The van der Waals surface area contributed by atoms with Crippen molar-refractivity contribution in [2.24, 2.45) is 5.73 Å². The Hall–Kier alpha value is -0.850. The normalized spacial score (nSPS) is 13.2. The van der Waals surface area contributed by atoms with Crippen LogP contribution in [0.4, 0.5) is 0 Å². The molecular formula is C10H21ClN2O4. The topological polar surface area (TPSA) is 90.6 Å². The molecule has 0 aromatic carbocycles. The number of esters is 1. The Bertz CT molecular complexity index is 250. The van der Waals surface area contributed by atoms with Gasteiger partial charge in [-0.15, -0.1) is 12.4 Å². The van der Waals surface area contributed by atoms with Gasteiger partial charge in [0.25, 0.3) is 0 Å². The molecular weight excluding hydrogens is 248 g/mol. The average Bonchev–Trinajstić information content (AvgIpc) is 2.17. The summed E-state index contributed by atoms with van der Waals surface area (Å²) in [6, 6.07) is 0. The average molecular weight is 269 g/mol. The Kier molecular flexibility index (Phi) is 10.0. The van der Waals surface area contributed by atoms with Crippen LogP contribution in [-0.2, 0) is 19.1 Å². The van der Waals surface area contributed by atoms with E-state index in [-0.39, 0.29) is 44.3 Å². The fourth-order valence-corrected chi connectivity index (χ4v) is 1.37. The molecule has 17 heavy (non-hydrogen) atoms. The monoisotopic (exact) mass is 268 g/mol. The molecule has 0 heterocycles. The lowest BCUT2D eigenvalue weighted by atomic mass is 9.98. The standard InChI is InChI=1S/C10H20N2O4.ClH/c1-10(7-15-2,6-9(14)16-3)12-8(13)4-5-11;/h4-7,11H2,1-3H3,(H,12,13);1H. The molecule has 0 aliphatic rings. The van der Waals surface area contributed by atoms with Gasteiger partial charge in [-0.1, -0.05) is 0 Å². The molecule has 7 heteroatoms. The molecule has 1 atom stereocenters. The summed E-state index contributed by atoms with van der Waals surface area (Å²) in [6.07, 6.45) is 0.286. The number of nitrogens with two attached hydrogens (primary N) is 1. The van der Waals surface area contributed by atoms with Crippen molar-refractivity contribution >= 4 is 24.3 Å². The van der Waals surface area contributed by atoms with Gasteiger partial charge in [0.05, 0.1) is 25.7 Å². The van der Waals surface area contributed by atoms with Crippen LogP contribution in [0.1, 0.15) is 19.8 Å². The van der Waals surface area contributed by atoms with Gasteiger partial charge in [0.1, 0.15) is 0 Å². The van der Waals surface area contributed by atoms with Gasteiger partial charge in [-0.3, -0.25) is 9.59 Å². The van der Waals surface area contributed by atoms with Crippen LogP contribution in [0.2, 0.25) is 0 Å². The van der Waals surface area contributed by atoms with E-state index in [1.807, 2.05) is 0 Å². The van der Waals surface area contributed by atoms with Crippen LogP contribution >= 0.6 is 12.4 Å². The number of carbonyl (C=O) groups excluding carboxylic acids is 2. The molecule has 0 aliphatic carbocycles. The molecule has 1 unspecified atom stereocenters. The first-order valence-electron chi connectivity index (χ1n) is 5.04. The van der Waals surface area contributed by atoms with E-state index in [2.05, 4.69) is 10.1 Å². The minimum absolute atomic E-state index is 0. The predicted molar refractivity (Wildman–Crippen MR) is 66.0 cm³/mol. The Morgan fingerprint density at radius 1 is 1.35 bits per heavy atom. The first-order chi connectivity index (χ1) is 7.47. The van der Waals surface area contributed by atoms with Crippen LogP contribution in [0.15, 0.2) is 0 Å². The van der Waals surface area contributed by atoms with Gasteiger partial charge in [0.2, 0.25) is 5.91 Å². The quantitative estimate of drug-likeness (QED) is 0.626. The Balaban J connectivity index is 0. The summed E-state index contributed by atoms with van der Waals surface area (Å²) in [5.74, 6) is -0.599. The molecule has 0 spiro atoms. The third-order valence-electron chi connectivity index (χ3n) is 2.04. The number of carbonyl (C=O) groups is 2. The van der Waals surface area contributed by atoms with E-state index in [1.54, 1.807) is 6.92 Å². The summed E-state index contributed by atoms with van der Waals surface area (Å²) >= 11 is 0. The number of hydrogen-bond donors (Lipinski definition) is 2. The van der Waals surface area contributed by atoms with Gasteiger partial charge >= 0.3 is 5.97 Å². The minimum Gasteiger partial charge on any atom is -0.469 e. The SMILES string of the molecule is COCC(C)(CC(=O)OC)NC(=O)CCN.Cl. The number of amides is 1. The van der Waals surface area contributed by atoms with Crippen LogP contribution in [0, 0.1) is 0 Å². The number of ether oxygens (including phenoxy) is 2. The first kappa shape index (κ1) is 18.5. The number of rotatable bonds is 7. The van der Waals surface area contributed by atoms with E-state index >= 15 is 0 Å². The van der Waals surface area contributed by atoms with Crippen LogP contribution < -0.4 is 11.1 Å². The van der Waals surface area contributed by atoms with E-state index in [0.717, 1.165) is 0 Å². The molecule has 0 saturated heterocycles. The highest BCUT2D eigenvalue weighted by atomic mass is 35.5. The zero-order chi connectivity index (χ0) is 12.6. The largest absolute Gasteiger partial charge is 0.469 e. The van der Waals surface area contributed by atoms with Crippen molar-refractivity contribution < 1.29 is 19.1 Å². The molecule has 0 fully saturated rings. The van der Waals surface area contributed by atoms with Gasteiger partial charge in [0, 0.05) is 20.1 Å². The molecule has 0 aliphatic heterocycles. The van der Waals surface area contributed by atoms with Crippen LogP contribution in [0.25, 0.3) is 0 Å². The minimum atomic E-state index is -0.756. The third kappa shape index (κ3) is 7.95. The fraction of sp³-hybridized carbons (Fsp3) is 0.800. The zero-order valence-electron chi connectivity index (χ0n) is 10.4. The molecule has 0 aromatic rings. The number of nitrogens with one attached hydrogen (secondary N) is 1. The Morgan fingerprint density at radius 2 is 1.94 bits per heavy atom. The molecule has 0 rings (SSSR count). The second-order valence-electron chi connectivity index (χ2n) is 3.83. The van der Waals surface area contributed by atoms with Gasteiger partial charge in [-0.25, -0.2) is 0 Å². The highest BCUT2D eigenvalue weighted by Crippen LogP contribution is 2.11. The van der Waals surface area contributed by atoms with Gasteiger partial charge in [0.15, 0.2) is 0 Å². The van der Waals surface area contributed by atoms with Crippen molar-refractivity contribution in [1.82, 2.24) is 5.32 Å². The van der Waals surface area contributed by atoms with Crippen molar-refractivity contribution in [3.63, 3.8) is 0 Å². The van der Waals surface area contributed by atoms with Gasteiger partial charge in [-0.05, 0) is 6.92 Å². The lowest BCUT2D eigenvalue weighted by Crippen LogP contribution is -2.51. The maximum Gasteiger partial charge on any atom is 0.307 e. The number of hydrogen-bond acceptors (Lipinski definition) is 5. The summed E-state index contributed by atoms with van der Waals surface area (Å²) in [5.41, 5.74) is 4.51. The van der Waals surface area contributed by atoms with Gasteiger partial charge in [-0.2, -0.15) is 0 Å². The van der Waals surface area contributed by atoms with Gasteiger partial charge < -0.3 is 20.5 Å². The second-order valence-corrected chi connectivity index (χ2v) is 3.83. The first-order valence-corrected chi connectivity index (χ1v) is 5.04. The molecule has 6 nitrogen and oxygen atoms in total. The summed E-state index contributed by atoms with van der Waals surface area (Å²) in [5, 5.41) is 2.72. The van der Waals surface area contributed by atoms with E-state index in [0.29, 0.717) is 0 Å². The van der Waals surface area contributed by atoms with E-state index in [4.69, 9.17) is 10.5 Å². The molecule has 3 N–H and O–H groups in total. The van der Waals surface area contributed by atoms with Crippen LogP contribution in [0.3, 0.4) is 0 Å². The van der Waals surface area contributed by atoms with Crippen molar-refractivity contribution in [3.05, 3.63) is 0 Å². The highest BCUT2D eigenvalue weighted by molar-refractivity contribution is 5.85. The van der Waals surface area contributed by atoms with Crippen molar-refractivity contribution in [1.29, 1.82) is 0 Å². The van der Waals surface area contributed by atoms with Crippen LogP contribution in [0.5, 0.6) is 0 Å². The highest BCUT2D eigenvalue weighted by Gasteiger charge is 2.29. The predicted octanol–water partition coefficient (Wildman–Crippen LogP) is -0.159. The van der Waals surface area contributed by atoms with E-state index in [9.17, 15) is 9.59 Å². The molecule has 0 bridgehead atoms. The summed E-state index contributed by atoms with van der Waals surface area (Å²) in [6.45, 7) is 2.23. The van der Waals surface area contributed by atoms with E-state index < -0.39 is 11.5 Å². The smallest absolute Gasteiger partial charge is 0.307 e. The van der Waals surface area contributed by atoms with Crippen molar-refractivity contribution in [2.45, 2.75) is 25.3 Å². The Morgan fingerprint density at radius 3 is 2.35 bits per heavy atom. The molecule has 0 aromatic heterocycles. The Labute approximate surface area is 108 Å². The van der Waals surface area contributed by atoms with Crippen molar-refractivity contribution in [3.8, 4) is 0 Å². The second kappa shape index (κ2) is 9.21. The molecule has 102 valence electrons. The maximum absolute atomic E-state index is 11.4. The summed E-state index contributed by atoms with van der Waals surface area (Å²) < 4.78 is 9.54. The fourth-order valence-electron chi connectivity index (χ4n) is 1.37. The lowest BCUT2D eigenvalue weighted by molar-refractivity contribution is -0.143. The lowest BCUT2D eigenvalue weighted by Gasteiger charge is -2.28. The third-order valence-corrected chi connectivity index (χ3v) is 2.04. The summed E-state index contributed by atoms with van der Waals surface area (Å²) in [4.78, 5) is 22.6. The molecule has 0 radical (unpaired) electrons. The van der Waals surface area contributed by atoms with Crippen molar-refractivity contribution in [2.75, 3.05) is 27.4 Å². The molecule has 1 amide bonds. The zero-order valence-corrected chi connectivity index (χ0v) is 11.3. The van der Waals surface area contributed by atoms with E-state index in [1.165, 1.54) is 14.2 Å². The molecule has 0 saturated carbocycles. The number of methoxy groups -OCH3 is 2. The number of halogens is 1.